The number of amides is 4. The van der Waals surface area contributed by atoms with Gasteiger partial charge in [-0.1, -0.05) is 0 Å². The second-order valence-electron chi connectivity index (χ2n) is 6.45. The number of carbonyl (C=O) groups excluding carboxylic acids is 3. The minimum atomic E-state index is -0.0708. The van der Waals surface area contributed by atoms with Crippen molar-refractivity contribution < 1.29 is 14.4 Å². The summed E-state index contributed by atoms with van der Waals surface area (Å²) in [6.45, 7) is 7.28. The van der Waals surface area contributed by atoms with E-state index < -0.39 is 0 Å². The van der Waals surface area contributed by atoms with Crippen molar-refractivity contribution in [2.24, 2.45) is 11.8 Å². The molecule has 0 aliphatic carbocycles. The predicted molar refractivity (Wildman–Crippen MR) is 86.7 cm³/mol. The maximum absolute atomic E-state index is 12.4. The lowest BCUT2D eigenvalue weighted by Gasteiger charge is -2.37. The lowest BCUT2D eigenvalue weighted by atomic mass is 9.82. The van der Waals surface area contributed by atoms with Crippen LogP contribution in [-0.2, 0) is 9.59 Å². The van der Waals surface area contributed by atoms with Crippen LogP contribution in [0.15, 0.2) is 0 Å². The smallest absolute Gasteiger partial charge is 0.317 e. The SMILES string of the molecule is CCNC(=O)N1CC[C@H]2CC(=O)N(CCNC(C)=O)CC[C@H]2C1. The van der Waals surface area contributed by atoms with Gasteiger partial charge in [-0.25, -0.2) is 4.79 Å². The Morgan fingerprint density at radius 2 is 1.91 bits per heavy atom. The van der Waals surface area contributed by atoms with Crippen molar-refractivity contribution >= 4 is 17.8 Å². The molecule has 0 aromatic rings. The van der Waals surface area contributed by atoms with E-state index in [4.69, 9.17) is 0 Å². The molecule has 0 aromatic heterocycles. The fourth-order valence-electron chi connectivity index (χ4n) is 3.53. The Morgan fingerprint density at radius 1 is 1.17 bits per heavy atom. The van der Waals surface area contributed by atoms with Crippen LogP contribution >= 0.6 is 0 Å². The zero-order valence-electron chi connectivity index (χ0n) is 14.1. The largest absolute Gasteiger partial charge is 0.355 e. The van der Waals surface area contributed by atoms with E-state index in [0.717, 1.165) is 25.9 Å². The Hall–Kier alpha value is -1.79. The molecule has 2 atom stereocenters. The highest BCUT2D eigenvalue weighted by Gasteiger charge is 2.36. The van der Waals surface area contributed by atoms with Gasteiger partial charge in [-0.2, -0.15) is 0 Å². The first-order valence-corrected chi connectivity index (χ1v) is 8.56. The molecule has 0 bridgehead atoms. The third-order valence-corrected chi connectivity index (χ3v) is 4.82. The van der Waals surface area contributed by atoms with Crippen LogP contribution in [0, 0.1) is 11.8 Å². The normalized spacial score (nSPS) is 24.7. The van der Waals surface area contributed by atoms with E-state index in [9.17, 15) is 14.4 Å². The monoisotopic (exact) mass is 324 g/mol. The lowest BCUT2D eigenvalue weighted by molar-refractivity contribution is -0.132. The number of hydrogen-bond donors (Lipinski definition) is 2. The van der Waals surface area contributed by atoms with E-state index in [2.05, 4.69) is 10.6 Å². The van der Waals surface area contributed by atoms with Gasteiger partial charge < -0.3 is 20.4 Å². The second-order valence-corrected chi connectivity index (χ2v) is 6.45. The molecule has 0 radical (unpaired) electrons. The van der Waals surface area contributed by atoms with Crippen molar-refractivity contribution in [1.29, 1.82) is 0 Å². The maximum atomic E-state index is 12.4. The molecule has 2 saturated heterocycles. The molecule has 2 N–H and O–H groups in total. The molecule has 23 heavy (non-hydrogen) atoms. The average molecular weight is 324 g/mol. The summed E-state index contributed by atoms with van der Waals surface area (Å²) >= 11 is 0. The van der Waals surface area contributed by atoms with Crippen LogP contribution in [0.4, 0.5) is 4.79 Å². The van der Waals surface area contributed by atoms with E-state index in [0.29, 0.717) is 44.4 Å². The molecule has 0 spiro atoms. The van der Waals surface area contributed by atoms with E-state index in [1.165, 1.54) is 6.92 Å². The number of rotatable bonds is 4. The van der Waals surface area contributed by atoms with Gasteiger partial charge in [0.25, 0.3) is 0 Å². The van der Waals surface area contributed by atoms with Crippen LogP contribution in [0.5, 0.6) is 0 Å². The highest BCUT2D eigenvalue weighted by molar-refractivity contribution is 5.77. The van der Waals surface area contributed by atoms with Crippen LogP contribution in [-0.4, -0.2) is 66.9 Å². The van der Waals surface area contributed by atoms with Crippen molar-refractivity contribution in [2.75, 3.05) is 39.3 Å². The summed E-state index contributed by atoms with van der Waals surface area (Å²) in [4.78, 5) is 39.0. The third-order valence-electron chi connectivity index (χ3n) is 4.82. The molecule has 2 heterocycles. The molecule has 2 aliphatic rings. The molecule has 2 rings (SSSR count). The number of hydrogen-bond acceptors (Lipinski definition) is 3. The molecule has 0 saturated carbocycles. The van der Waals surface area contributed by atoms with Gasteiger partial charge in [0.05, 0.1) is 0 Å². The summed E-state index contributed by atoms with van der Waals surface area (Å²) in [7, 11) is 0. The predicted octanol–water partition coefficient (Wildman–Crippen LogP) is 0.413. The highest BCUT2D eigenvalue weighted by Crippen LogP contribution is 2.32. The number of piperidine rings is 1. The molecule has 0 unspecified atom stereocenters. The van der Waals surface area contributed by atoms with Crippen LogP contribution in [0.1, 0.15) is 33.1 Å². The van der Waals surface area contributed by atoms with Crippen LogP contribution in [0.3, 0.4) is 0 Å². The molecule has 7 nitrogen and oxygen atoms in total. The molecular weight excluding hydrogens is 296 g/mol. The summed E-state index contributed by atoms with van der Waals surface area (Å²) in [5.41, 5.74) is 0. The molecule has 7 heteroatoms. The van der Waals surface area contributed by atoms with Gasteiger partial charge in [0, 0.05) is 52.6 Å². The quantitative estimate of drug-likeness (QED) is 0.786. The Balaban J connectivity index is 1.88. The highest BCUT2D eigenvalue weighted by atomic mass is 16.2. The summed E-state index contributed by atoms with van der Waals surface area (Å²) < 4.78 is 0. The number of nitrogens with one attached hydrogen (secondary N) is 2. The average Bonchev–Trinajstić information content (AvgIpc) is 2.66. The van der Waals surface area contributed by atoms with Crippen LogP contribution < -0.4 is 10.6 Å². The number of fused-ring (bicyclic) bond motifs is 1. The third kappa shape index (κ3) is 4.84. The Morgan fingerprint density at radius 3 is 2.61 bits per heavy atom. The van der Waals surface area contributed by atoms with Gasteiger partial charge in [-0.15, -0.1) is 0 Å². The fraction of sp³-hybridized carbons (Fsp3) is 0.812. The number of urea groups is 1. The van der Waals surface area contributed by atoms with Crippen LogP contribution in [0.2, 0.25) is 0 Å². The summed E-state index contributed by atoms with van der Waals surface area (Å²) in [6.07, 6.45) is 2.38. The second kappa shape index (κ2) is 8.17. The summed E-state index contributed by atoms with van der Waals surface area (Å²) in [6, 6.07) is 0.00374. The van der Waals surface area contributed by atoms with E-state index in [1.807, 2.05) is 16.7 Å². The Bertz CT molecular complexity index is 455. The van der Waals surface area contributed by atoms with Gasteiger partial charge in [0.1, 0.15) is 0 Å². The fourth-order valence-corrected chi connectivity index (χ4v) is 3.53. The van der Waals surface area contributed by atoms with Gasteiger partial charge in [0.2, 0.25) is 11.8 Å². The summed E-state index contributed by atoms with van der Waals surface area (Å²) in [5.74, 6) is 0.868. The zero-order valence-corrected chi connectivity index (χ0v) is 14.1. The topological polar surface area (TPSA) is 81.8 Å². The first-order valence-electron chi connectivity index (χ1n) is 8.56. The van der Waals surface area contributed by atoms with Gasteiger partial charge in [0.15, 0.2) is 0 Å². The van der Waals surface area contributed by atoms with Crippen molar-refractivity contribution in [3.05, 3.63) is 0 Å². The molecular formula is C16H28N4O3. The van der Waals surface area contributed by atoms with E-state index in [-0.39, 0.29) is 17.8 Å². The lowest BCUT2D eigenvalue weighted by Crippen LogP contribution is -2.48. The Labute approximate surface area is 137 Å². The first kappa shape index (κ1) is 17.6. The first-order chi connectivity index (χ1) is 11.0. The van der Waals surface area contributed by atoms with E-state index >= 15 is 0 Å². The minimum absolute atomic E-state index is 0.00374. The molecule has 0 aromatic carbocycles. The molecule has 2 fully saturated rings. The van der Waals surface area contributed by atoms with Crippen molar-refractivity contribution in [3.63, 3.8) is 0 Å². The Kier molecular flexibility index (Phi) is 6.24. The van der Waals surface area contributed by atoms with Crippen molar-refractivity contribution in [1.82, 2.24) is 20.4 Å². The van der Waals surface area contributed by atoms with E-state index in [1.54, 1.807) is 0 Å². The molecule has 130 valence electrons. The molecule has 2 aliphatic heterocycles. The number of carbonyl (C=O) groups is 3. The number of likely N-dealkylation sites (tertiary alicyclic amines) is 2. The zero-order chi connectivity index (χ0) is 16.8. The van der Waals surface area contributed by atoms with Gasteiger partial charge in [-0.05, 0) is 31.6 Å². The standard InChI is InChI=1S/C16H28N4O3/c1-3-17-16(23)20-8-4-13-10-15(22)19(7-5-14(13)11-20)9-6-18-12(2)21/h13-14H,3-11H2,1-2H3,(H,17,23)(H,18,21)/t13-,14-/m0/s1. The molecule has 4 amide bonds. The van der Waals surface area contributed by atoms with Crippen molar-refractivity contribution in [2.45, 2.75) is 33.1 Å². The van der Waals surface area contributed by atoms with Crippen LogP contribution in [0.25, 0.3) is 0 Å². The minimum Gasteiger partial charge on any atom is -0.355 e. The summed E-state index contributed by atoms with van der Waals surface area (Å²) in [5, 5.41) is 5.59. The number of nitrogens with zero attached hydrogens (tertiary/aromatic N) is 2. The van der Waals surface area contributed by atoms with Gasteiger partial charge >= 0.3 is 6.03 Å². The van der Waals surface area contributed by atoms with Gasteiger partial charge in [-0.3, -0.25) is 9.59 Å². The van der Waals surface area contributed by atoms with Crippen molar-refractivity contribution in [3.8, 4) is 0 Å². The maximum Gasteiger partial charge on any atom is 0.317 e.